The van der Waals surface area contributed by atoms with Gasteiger partial charge in [-0.2, -0.15) is 0 Å². The zero-order valence-electron chi connectivity index (χ0n) is 27.1. The van der Waals surface area contributed by atoms with E-state index in [2.05, 4.69) is 63.6 Å². The Balaban J connectivity index is 1.18. The molecule has 0 radical (unpaired) electrons. The highest BCUT2D eigenvalue weighted by Gasteiger charge is 2.37. The van der Waals surface area contributed by atoms with E-state index in [1.165, 1.54) is 11.1 Å². The van der Waals surface area contributed by atoms with Crippen molar-refractivity contribution in [3.8, 4) is 0 Å². The van der Waals surface area contributed by atoms with Crippen LogP contribution in [0.15, 0.2) is 97.1 Å². The Hall–Kier alpha value is -4.30. The average Bonchev–Trinajstić information content (AvgIpc) is 3.09. The number of hydrogen-bond acceptors (Lipinski definition) is 5. The molecule has 5 rings (SSSR count). The van der Waals surface area contributed by atoms with Crippen molar-refractivity contribution < 1.29 is 14.7 Å². The Kier molecular flexibility index (Phi) is 11.6. The van der Waals surface area contributed by atoms with Crippen molar-refractivity contribution in [2.75, 3.05) is 31.5 Å². The van der Waals surface area contributed by atoms with Crippen LogP contribution in [0.2, 0.25) is 5.02 Å². The molecule has 1 aromatic heterocycles. The van der Waals surface area contributed by atoms with E-state index in [9.17, 15) is 14.7 Å². The number of rotatable bonds is 13. The lowest BCUT2D eigenvalue weighted by Crippen LogP contribution is -2.47. The summed E-state index contributed by atoms with van der Waals surface area (Å²) in [5.74, 6) is -1.23. The standard InChI is InChI=1S/C39H43ClN4O3/c1-3-39(4-2,38(46)47)27-36(45)42-34-14-8-10-29(26-34)16-21-33-13-9-15-35(41-33)28-43-22-24-44(25-23-43)37(30-11-6-5-7-12-30)31-17-19-32(40)20-18-31/h5-21,26,37H,3-4,22-25,27-28H2,1-2H3,(H,42,45)(H,46,47)/b21-16+. The lowest BCUT2D eigenvalue weighted by Gasteiger charge is -2.39. The Morgan fingerprint density at radius 3 is 2.23 bits per heavy atom. The van der Waals surface area contributed by atoms with Crippen LogP contribution in [0.3, 0.4) is 0 Å². The number of benzene rings is 3. The molecule has 2 heterocycles. The zero-order valence-corrected chi connectivity index (χ0v) is 27.9. The molecule has 0 saturated carbocycles. The van der Waals surface area contributed by atoms with Gasteiger partial charge in [0.15, 0.2) is 0 Å². The van der Waals surface area contributed by atoms with Crippen LogP contribution in [0, 0.1) is 5.41 Å². The summed E-state index contributed by atoms with van der Waals surface area (Å²) in [5.41, 5.74) is 4.91. The van der Waals surface area contributed by atoms with Crippen LogP contribution in [-0.4, -0.2) is 57.9 Å². The van der Waals surface area contributed by atoms with Crippen molar-refractivity contribution in [3.05, 3.63) is 130 Å². The minimum Gasteiger partial charge on any atom is -0.481 e. The molecule has 8 heteroatoms. The van der Waals surface area contributed by atoms with Gasteiger partial charge in [0.1, 0.15) is 0 Å². The van der Waals surface area contributed by atoms with E-state index in [1.54, 1.807) is 0 Å². The molecule has 1 aliphatic rings. The SMILES string of the molecule is CCC(CC)(CC(=O)Nc1cccc(/C=C/c2cccc(CN3CCN(C(c4ccccc4)c4ccc(Cl)cc4)CC3)n2)c1)C(=O)O. The van der Waals surface area contributed by atoms with E-state index in [0.717, 1.165) is 54.7 Å². The van der Waals surface area contributed by atoms with Gasteiger partial charge in [0.2, 0.25) is 5.91 Å². The Morgan fingerprint density at radius 1 is 0.872 bits per heavy atom. The zero-order chi connectivity index (χ0) is 33.2. The summed E-state index contributed by atoms with van der Waals surface area (Å²) in [6.45, 7) is 8.19. The Bertz CT molecular complexity index is 1660. The number of pyridine rings is 1. The number of carbonyl (C=O) groups is 2. The summed E-state index contributed by atoms with van der Waals surface area (Å²) in [4.78, 5) is 34.5. The van der Waals surface area contributed by atoms with Crippen molar-refractivity contribution in [2.45, 2.75) is 45.7 Å². The van der Waals surface area contributed by atoms with Crippen LogP contribution in [0.5, 0.6) is 0 Å². The molecule has 0 bridgehead atoms. The van der Waals surface area contributed by atoms with Gasteiger partial charge in [0, 0.05) is 49.9 Å². The molecule has 244 valence electrons. The van der Waals surface area contributed by atoms with Crippen LogP contribution >= 0.6 is 11.6 Å². The molecule has 1 fully saturated rings. The maximum Gasteiger partial charge on any atom is 0.310 e. The van der Waals surface area contributed by atoms with Crippen LogP contribution in [-0.2, 0) is 16.1 Å². The first-order valence-electron chi connectivity index (χ1n) is 16.3. The van der Waals surface area contributed by atoms with Gasteiger partial charge in [-0.05, 0) is 72.0 Å². The van der Waals surface area contributed by atoms with Crippen molar-refractivity contribution >= 4 is 41.3 Å². The summed E-state index contributed by atoms with van der Waals surface area (Å²) in [6.07, 6.45) is 4.69. The van der Waals surface area contributed by atoms with Gasteiger partial charge in [0.05, 0.1) is 22.8 Å². The predicted molar refractivity (Wildman–Crippen MR) is 190 cm³/mol. The molecule has 0 aliphatic carbocycles. The molecule has 7 nitrogen and oxygen atoms in total. The summed E-state index contributed by atoms with van der Waals surface area (Å²) in [7, 11) is 0. The number of piperazine rings is 1. The number of aliphatic carboxylic acids is 1. The first-order chi connectivity index (χ1) is 22.8. The summed E-state index contributed by atoms with van der Waals surface area (Å²) < 4.78 is 0. The van der Waals surface area contributed by atoms with E-state index < -0.39 is 11.4 Å². The second-order valence-electron chi connectivity index (χ2n) is 12.2. The van der Waals surface area contributed by atoms with Gasteiger partial charge in [-0.3, -0.25) is 24.4 Å². The highest BCUT2D eigenvalue weighted by molar-refractivity contribution is 6.30. The molecule has 1 aliphatic heterocycles. The fourth-order valence-corrected chi connectivity index (χ4v) is 6.40. The van der Waals surface area contributed by atoms with Gasteiger partial charge in [-0.25, -0.2) is 0 Å². The summed E-state index contributed by atoms with van der Waals surface area (Å²) in [6, 6.07) is 32.7. The fraction of sp³-hybridized carbons (Fsp3) is 0.308. The normalized spacial score (nSPS) is 15.0. The van der Waals surface area contributed by atoms with Gasteiger partial charge in [-0.15, -0.1) is 0 Å². The van der Waals surface area contributed by atoms with Crippen molar-refractivity contribution in [1.29, 1.82) is 0 Å². The number of carboxylic acids is 1. The van der Waals surface area contributed by atoms with Crippen LogP contribution in [0.4, 0.5) is 5.69 Å². The monoisotopic (exact) mass is 650 g/mol. The molecule has 4 aromatic rings. The van der Waals surface area contributed by atoms with E-state index in [-0.39, 0.29) is 18.4 Å². The van der Waals surface area contributed by atoms with Gasteiger partial charge in [0.25, 0.3) is 0 Å². The number of carboxylic acid groups (broad SMARTS) is 1. The van der Waals surface area contributed by atoms with Crippen LogP contribution in [0.1, 0.15) is 67.2 Å². The highest BCUT2D eigenvalue weighted by Crippen LogP contribution is 2.32. The largest absolute Gasteiger partial charge is 0.481 e. The fourth-order valence-electron chi connectivity index (χ4n) is 6.27. The molecule has 2 N–H and O–H groups in total. The first kappa shape index (κ1) is 34.0. The number of anilines is 1. The summed E-state index contributed by atoms with van der Waals surface area (Å²) >= 11 is 6.20. The predicted octanol–water partition coefficient (Wildman–Crippen LogP) is 8.03. The second-order valence-corrected chi connectivity index (χ2v) is 12.6. The molecule has 0 spiro atoms. The first-order valence-corrected chi connectivity index (χ1v) is 16.7. The Labute approximate surface area is 282 Å². The molecule has 3 aromatic carbocycles. The average molecular weight is 651 g/mol. The van der Waals surface area contributed by atoms with E-state index >= 15 is 0 Å². The Morgan fingerprint density at radius 2 is 1.55 bits per heavy atom. The van der Waals surface area contributed by atoms with Crippen LogP contribution < -0.4 is 5.32 Å². The molecule has 1 atom stereocenters. The highest BCUT2D eigenvalue weighted by atomic mass is 35.5. The summed E-state index contributed by atoms with van der Waals surface area (Å²) in [5, 5.41) is 13.3. The van der Waals surface area contributed by atoms with Crippen LogP contribution in [0.25, 0.3) is 12.2 Å². The van der Waals surface area contributed by atoms with Crippen molar-refractivity contribution in [1.82, 2.24) is 14.8 Å². The lowest BCUT2D eigenvalue weighted by atomic mass is 9.79. The number of amides is 1. The number of carbonyl (C=O) groups excluding carboxylic acids is 1. The smallest absolute Gasteiger partial charge is 0.310 e. The van der Waals surface area contributed by atoms with Crippen molar-refractivity contribution in [2.24, 2.45) is 5.41 Å². The maximum atomic E-state index is 12.7. The molecular weight excluding hydrogens is 608 g/mol. The van der Waals surface area contributed by atoms with E-state index in [0.29, 0.717) is 18.5 Å². The minimum absolute atomic E-state index is 0.0584. The third-order valence-corrected chi connectivity index (χ3v) is 9.46. The lowest BCUT2D eigenvalue weighted by molar-refractivity contribution is -0.151. The number of aromatic nitrogens is 1. The second kappa shape index (κ2) is 16.0. The maximum absolute atomic E-state index is 12.7. The number of nitrogens with zero attached hydrogens (tertiary/aromatic N) is 3. The minimum atomic E-state index is -1.05. The molecule has 1 unspecified atom stereocenters. The molecule has 1 saturated heterocycles. The third kappa shape index (κ3) is 8.95. The van der Waals surface area contributed by atoms with Gasteiger partial charge < -0.3 is 10.4 Å². The molecule has 1 amide bonds. The quantitative estimate of drug-likeness (QED) is 0.152. The van der Waals surface area contributed by atoms with Gasteiger partial charge in [-0.1, -0.05) is 92.2 Å². The number of nitrogens with one attached hydrogen (secondary N) is 1. The van der Waals surface area contributed by atoms with Crippen molar-refractivity contribution in [3.63, 3.8) is 0 Å². The number of hydrogen-bond donors (Lipinski definition) is 2. The van der Waals surface area contributed by atoms with E-state index in [4.69, 9.17) is 16.6 Å². The molecular formula is C39H43ClN4O3. The van der Waals surface area contributed by atoms with Gasteiger partial charge >= 0.3 is 5.97 Å². The topological polar surface area (TPSA) is 85.8 Å². The molecule has 47 heavy (non-hydrogen) atoms. The third-order valence-electron chi connectivity index (χ3n) is 9.21. The number of halogens is 1. The van der Waals surface area contributed by atoms with E-state index in [1.807, 2.05) is 74.5 Å².